The lowest BCUT2D eigenvalue weighted by Gasteiger charge is -2.12. The van der Waals surface area contributed by atoms with Crippen molar-refractivity contribution >= 4 is 21.9 Å². The summed E-state index contributed by atoms with van der Waals surface area (Å²) in [5.41, 5.74) is 0.581. The minimum Gasteiger partial charge on any atom is -0.504 e. The van der Waals surface area contributed by atoms with Gasteiger partial charge in [0.15, 0.2) is 11.6 Å². The molecule has 15 heavy (non-hydrogen) atoms. The lowest BCUT2D eigenvalue weighted by atomic mass is 9.98. The molecule has 0 spiro atoms. The maximum Gasteiger partial charge on any atom is 0.310 e. The van der Waals surface area contributed by atoms with E-state index in [9.17, 15) is 14.3 Å². The second-order valence-electron chi connectivity index (χ2n) is 3.32. The molecule has 1 aromatic carbocycles. The Balaban J connectivity index is 3.38. The molecule has 0 radical (unpaired) electrons. The Morgan fingerprint density at radius 1 is 1.60 bits per heavy atom. The van der Waals surface area contributed by atoms with Gasteiger partial charge in [-0.05, 0) is 35.3 Å². The molecule has 0 amide bonds. The first kappa shape index (κ1) is 12.0. The van der Waals surface area contributed by atoms with Gasteiger partial charge in [-0.25, -0.2) is 4.39 Å². The van der Waals surface area contributed by atoms with Crippen molar-refractivity contribution in [2.24, 2.45) is 0 Å². The van der Waals surface area contributed by atoms with Gasteiger partial charge >= 0.3 is 5.97 Å². The molecule has 0 aromatic heterocycles. The van der Waals surface area contributed by atoms with E-state index >= 15 is 0 Å². The van der Waals surface area contributed by atoms with Crippen molar-refractivity contribution in [3.63, 3.8) is 0 Å². The summed E-state index contributed by atoms with van der Waals surface area (Å²) in [5, 5.41) is 18.1. The van der Waals surface area contributed by atoms with Crippen LogP contribution in [-0.2, 0) is 4.79 Å². The van der Waals surface area contributed by atoms with Gasteiger partial charge in [0.2, 0.25) is 0 Å². The summed E-state index contributed by atoms with van der Waals surface area (Å²) in [6.07, 6.45) is 0. The van der Waals surface area contributed by atoms with Gasteiger partial charge in [-0.1, -0.05) is 6.07 Å². The first-order valence-electron chi connectivity index (χ1n) is 4.26. The highest BCUT2D eigenvalue weighted by Crippen LogP contribution is 2.35. The average molecular weight is 277 g/mol. The molecule has 0 saturated heterocycles. The molecule has 1 rings (SSSR count). The normalized spacial score (nSPS) is 12.5. The molecule has 5 heteroatoms. The maximum absolute atomic E-state index is 13.5. The van der Waals surface area contributed by atoms with E-state index in [0.717, 1.165) is 0 Å². The number of phenolic OH excluding ortho intramolecular Hbond substituents is 1. The number of rotatable bonds is 2. The fourth-order valence-corrected chi connectivity index (χ4v) is 1.52. The Kier molecular flexibility index (Phi) is 3.34. The van der Waals surface area contributed by atoms with Crippen molar-refractivity contribution in [2.75, 3.05) is 0 Å². The third kappa shape index (κ3) is 2.12. The molecule has 1 atom stereocenters. The fraction of sp³-hybridized carbons (Fsp3) is 0.300. The molecule has 0 heterocycles. The quantitative estimate of drug-likeness (QED) is 0.873. The molecular weight excluding hydrogens is 267 g/mol. The molecule has 0 fully saturated rings. The highest BCUT2D eigenvalue weighted by atomic mass is 79.9. The molecule has 2 N–H and O–H groups in total. The van der Waals surface area contributed by atoms with Crippen molar-refractivity contribution in [3.05, 3.63) is 27.5 Å². The first-order valence-corrected chi connectivity index (χ1v) is 5.05. The second-order valence-corrected chi connectivity index (χ2v) is 4.11. The second kappa shape index (κ2) is 4.18. The Labute approximate surface area is 94.7 Å². The van der Waals surface area contributed by atoms with Crippen molar-refractivity contribution in [1.29, 1.82) is 0 Å². The van der Waals surface area contributed by atoms with E-state index in [1.807, 2.05) is 0 Å². The standard InChI is InChI=1S/C10H10BrFO3/c1-4-3-6(5(2)10(14)15)8(12)9(13)7(4)11/h3,5,13H,1-2H3,(H,14,15). The molecular formula is C10H10BrFO3. The smallest absolute Gasteiger partial charge is 0.310 e. The molecule has 1 unspecified atom stereocenters. The number of carboxylic acid groups (broad SMARTS) is 1. The van der Waals surface area contributed by atoms with Crippen LogP contribution in [0.1, 0.15) is 24.0 Å². The summed E-state index contributed by atoms with van der Waals surface area (Å²) in [5.74, 6) is -3.54. The number of aryl methyl sites for hydroxylation is 1. The summed E-state index contributed by atoms with van der Waals surface area (Å²) in [7, 11) is 0. The Morgan fingerprint density at radius 2 is 2.13 bits per heavy atom. The van der Waals surface area contributed by atoms with Crippen molar-refractivity contribution in [3.8, 4) is 5.75 Å². The molecule has 82 valence electrons. The van der Waals surface area contributed by atoms with Gasteiger partial charge in [-0.15, -0.1) is 0 Å². The molecule has 0 aliphatic rings. The largest absolute Gasteiger partial charge is 0.504 e. The third-order valence-electron chi connectivity index (χ3n) is 2.22. The summed E-state index contributed by atoms with van der Waals surface area (Å²) in [6.45, 7) is 3.02. The van der Waals surface area contributed by atoms with E-state index in [-0.39, 0.29) is 10.0 Å². The van der Waals surface area contributed by atoms with Crippen molar-refractivity contribution in [2.45, 2.75) is 19.8 Å². The van der Waals surface area contributed by atoms with Gasteiger partial charge in [0.1, 0.15) is 0 Å². The minimum absolute atomic E-state index is 0.0132. The fourth-order valence-electron chi connectivity index (χ4n) is 1.23. The Morgan fingerprint density at radius 3 is 2.60 bits per heavy atom. The van der Waals surface area contributed by atoms with Crippen LogP contribution < -0.4 is 0 Å². The number of aromatic hydroxyl groups is 1. The number of aliphatic carboxylic acids is 1. The van der Waals surface area contributed by atoms with Crippen LogP contribution in [0, 0.1) is 12.7 Å². The maximum atomic E-state index is 13.5. The lowest BCUT2D eigenvalue weighted by molar-refractivity contribution is -0.138. The number of carboxylic acids is 1. The lowest BCUT2D eigenvalue weighted by Crippen LogP contribution is -2.10. The number of hydrogen-bond acceptors (Lipinski definition) is 2. The molecule has 0 saturated carbocycles. The predicted octanol–water partition coefficient (Wildman–Crippen LogP) is 2.79. The van der Waals surface area contributed by atoms with E-state index in [0.29, 0.717) is 5.56 Å². The SMILES string of the molecule is Cc1cc(C(C)C(=O)O)c(F)c(O)c1Br. The van der Waals surface area contributed by atoms with Crippen LogP contribution in [0.5, 0.6) is 5.75 Å². The van der Waals surface area contributed by atoms with Gasteiger partial charge in [-0.3, -0.25) is 4.79 Å². The Bertz CT molecular complexity index is 418. The zero-order valence-electron chi connectivity index (χ0n) is 8.21. The van der Waals surface area contributed by atoms with Gasteiger partial charge in [-0.2, -0.15) is 0 Å². The van der Waals surface area contributed by atoms with Crippen molar-refractivity contribution in [1.82, 2.24) is 0 Å². The highest BCUT2D eigenvalue weighted by molar-refractivity contribution is 9.10. The molecule has 0 aliphatic heterocycles. The predicted molar refractivity (Wildman–Crippen MR) is 56.6 cm³/mol. The number of halogens is 2. The highest BCUT2D eigenvalue weighted by Gasteiger charge is 2.22. The van der Waals surface area contributed by atoms with Crippen LogP contribution in [0.15, 0.2) is 10.5 Å². The number of hydrogen-bond donors (Lipinski definition) is 2. The molecule has 1 aromatic rings. The number of carbonyl (C=O) groups is 1. The van der Waals surface area contributed by atoms with Crippen LogP contribution in [0.4, 0.5) is 4.39 Å². The van der Waals surface area contributed by atoms with E-state index in [2.05, 4.69) is 15.9 Å². The topological polar surface area (TPSA) is 57.5 Å². The summed E-state index contributed by atoms with van der Waals surface area (Å²) in [4.78, 5) is 10.7. The van der Waals surface area contributed by atoms with E-state index in [4.69, 9.17) is 5.11 Å². The van der Waals surface area contributed by atoms with Crippen LogP contribution in [0.25, 0.3) is 0 Å². The van der Waals surface area contributed by atoms with Gasteiger partial charge in [0.05, 0.1) is 10.4 Å². The van der Waals surface area contributed by atoms with Crippen LogP contribution in [0.2, 0.25) is 0 Å². The molecule has 3 nitrogen and oxygen atoms in total. The van der Waals surface area contributed by atoms with E-state index in [1.54, 1.807) is 6.92 Å². The van der Waals surface area contributed by atoms with Crippen LogP contribution in [-0.4, -0.2) is 16.2 Å². The van der Waals surface area contributed by atoms with Crippen molar-refractivity contribution < 1.29 is 19.4 Å². The third-order valence-corrected chi connectivity index (χ3v) is 3.23. The zero-order chi connectivity index (χ0) is 11.7. The Hall–Kier alpha value is -1.10. The number of phenols is 1. The van der Waals surface area contributed by atoms with E-state index < -0.39 is 23.5 Å². The minimum atomic E-state index is -1.13. The summed E-state index contributed by atoms with van der Waals surface area (Å²) >= 11 is 3.01. The zero-order valence-corrected chi connectivity index (χ0v) is 9.80. The first-order chi connectivity index (χ1) is 6.86. The summed E-state index contributed by atoms with van der Waals surface area (Å²) in [6, 6.07) is 1.41. The van der Waals surface area contributed by atoms with Crippen LogP contribution >= 0.6 is 15.9 Å². The summed E-state index contributed by atoms with van der Waals surface area (Å²) < 4.78 is 13.8. The average Bonchev–Trinajstić information content (AvgIpc) is 2.19. The van der Waals surface area contributed by atoms with Gasteiger partial charge in [0.25, 0.3) is 0 Å². The molecule has 0 bridgehead atoms. The van der Waals surface area contributed by atoms with Crippen LogP contribution in [0.3, 0.4) is 0 Å². The monoisotopic (exact) mass is 276 g/mol. The number of benzene rings is 1. The van der Waals surface area contributed by atoms with Gasteiger partial charge < -0.3 is 10.2 Å². The van der Waals surface area contributed by atoms with Gasteiger partial charge in [0, 0.05) is 5.56 Å². The van der Waals surface area contributed by atoms with E-state index in [1.165, 1.54) is 13.0 Å². The molecule has 0 aliphatic carbocycles.